The van der Waals surface area contributed by atoms with Crippen LogP contribution in [0.3, 0.4) is 0 Å². The molecule has 0 atom stereocenters. The molecular formula is C54H66ClF6LiN10O3. The number of benzene rings is 4. The SMILES string of the molecule is N#Cc1ccc(NC2CCN(C(=O)CCCN3CCN(c4ccc(C(F)(F)F)cc4)CC3)CC2)cc1.N#Cc1ccc(NC2CC[NH2+]CC2)cc1.O=C([O-])CCCN1CCN(c2ccc(C(F)(F)F)cc2)CC1.[Cl-].[Li+]. The van der Waals surface area contributed by atoms with Crippen molar-refractivity contribution in [3.05, 3.63) is 119 Å². The average molecular weight is 1060 g/mol. The predicted molar refractivity (Wildman–Crippen MR) is 268 cm³/mol. The minimum Gasteiger partial charge on any atom is -1.00 e. The topological polar surface area (TPSA) is 162 Å². The molecule has 0 spiro atoms. The Bertz CT molecular complexity index is 2390. The average Bonchev–Trinajstić information content (AvgIpc) is 3.40. The number of aliphatic carboxylic acids is 1. The van der Waals surface area contributed by atoms with E-state index in [0.717, 1.165) is 144 Å². The molecule has 4 aliphatic rings. The molecule has 4 fully saturated rings. The van der Waals surface area contributed by atoms with Gasteiger partial charge in [-0.2, -0.15) is 36.9 Å². The Hall–Kier alpha value is -5.65. The van der Waals surface area contributed by atoms with Gasteiger partial charge in [0.05, 0.1) is 47.5 Å². The zero-order chi connectivity index (χ0) is 52.2. The molecule has 4 N–H and O–H groups in total. The molecule has 0 radical (unpaired) electrons. The quantitative estimate of drug-likeness (QED) is 0.120. The van der Waals surface area contributed by atoms with Crippen LogP contribution in [0.5, 0.6) is 0 Å². The Morgan fingerprint density at radius 3 is 1.29 bits per heavy atom. The van der Waals surface area contributed by atoms with E-state index in [1.165, 1.54) is 38.1 Å². The van der Waals surface area contributed by atoms with E-state index in [1.807, 2.05) is 46.2 Å². The van der Waals surface area contributed by atoms with Crippen LogP contribution in [0.25, 0.3) is 0 Å². The Labute approximate surface area is 454 Å². The molecule has 8 rings (SSSR count). The maximum absolute atomic E-state index is 12.8. The molecular weight excluding hydrogens is 993 g/mol. The number of hydrogen-bond donors (Lipinski definition) is 3. The number of quaternary nitrogens is 1. The number of hydrogen-bond acceptors (Lipinski definition) is 11. The number of alkyl halides is 6. The summed E-state index contributed by atoms with van der Waals surface area (Å²) < 4.78 is 75.9. The van der Waals surface area contributed by atoms with Gasteiger partial charge >= 0.3 is 31.2 Å². The predicted octanol–water partition coefficient (Wildman–Crippen LogP) is 0.644. The van der Waals surface area contributed by atoms with Crippen molar-refractivity contribution in [3.63, 3.8) is 0 Å². The van der Waals surface area contributed by atoms with Gasteiger partial charge in [-0.25, -0.2) is 0 Å². The molecule has 0 saturated carbocycles. The van der Waals surface area contributed by atoms with Crippen molar-refractivity contribution < 1.29 is 77.6 Å². The number of nitrogens with one attached hydrogen (secondary N) is 2. The Balaban J connectivity index is 0.000000265. The van der Waals surface area contributed by atoms with Crippen LogP contribution in [0.4, 0.5) is 49.1 Å². The van der Waals surface area contributed by atoms with Gasteiger partial charge in [0.1, 0.15) is 0 Å². The number of halogens is 7. The van der Waals surface area contributed by atoms with E-state index < -0.39 is 29.4 Å². The van der Waals surface area contributed by atoms with E-state index in [1.54, 1.807) is 24.3 Å². The normalized spacial score (nSPS) is 16.8. The third-order valence-electron chi connectivity index (χ3n) is 13.6. The Morgan fingerprint density at radius 1 is 0.560 bits per heavy atom. The van der Waals surface area contributed by atoms with Crippen molar-refractivity contribution in [2.75, 3.05) is 112 Å². The van der Waals surface area contributed by atoms with Crippen LogP contribution in [-0.4, -0.2) is 130 Å². The van der Waals surface area contributed by atoms with Gasteiger partial charge in [-0.3, -0.25) is 14.6 Å². The number of carbonyl (C=O) groups excluding carboxylic acids is 2. The van der Waals surface area contributed by atoms with Crippen molar-refractivity contribution in [1.82, 2.24) is 14.7 Å². The third kappa shape index (κ3) is 20.8. The van der Waals surface area contributed by atoms with Crippen LogP contribution >= 0.6 is 0 Å². The minimum absolute atomic E-state index is 0. The smallest absolute Gasteiger partial charge is 1.00 e. The van der Waals surface area contributed by atoms with Gasteiger partial charge < -0.3 is 53.0 Å². The molecule has 75 heavy (non-hydrogen) atoms. The van der Waals surface area contributed by atoms with E-state index in [-0.39, 0.29) is 43.6 Å². The summed E-state index contributed by atoms with van der Waals surface area (Å²) in [5.74, 6) is -0.835. The molecule has 4 aromatic rings. The number of rotatable bonds is 14. The monoisotopic (exact) mass is 1060 g/mol. The number of carboxylic acid groups (broad SMARTS) is 1. The van der Waals surface area contributed by atoms with Crippen molar-refractivity contribution in [2.45, 2.75) is 75.8 Å². The first-order chi connectivity index (χ1) is 35.1. The molecule has 0 bridgehead atoms. The second-order valence-corrected chi connectivity index (χ2v) is 18.8. The van der Waals surface area contributed by atoms with Crippen LogP contribution in [0.15, 0.2) is 97.1 Å². The Morgan fingerprint density at radius 2 is 0.933 bits per heavy atom. The summed E-state index contributed by atoms with van der Waals surface area (Å²) >= 11 is 0. The number of anilines is 4. The summed E-state index contributed by atoms with van der Waals surface area (Å²) in [6, 6.07) is 30.8. The summed E-state index contributed by atoms with van der Waals surface area (Å²) in [5.41, 5.74) is 3.81. The van der Waals surface area contributed by atoms with Crippen LogP contribution in [0.2, 0.25) is 0 Å². The number of carboxylic acids is 1. The number of likely N-dealkylation sites (tertiary alicyclic amines) is 1. The van der Waals surface area contributed by atoms with Gasteiger partial charge in [0, 0.05) is 126 Å². The number of piperazine rings is 2. The van der Waals surface area contributed by atoms with Crippen LogP contribution in [0, 0.1) is 22.7 Å². The maximum Gasteiger partial charge on any atom is 1.00 e. The fourth-order valence-corrected chi connectivity index (χ4v) is 9.34. The molecule has 0 aromatic heterocycles. The third-order valence-corrected chi connectivity index (χ3v) is 13.6. The van der Waals surface area contributed by atoms with Gasteiger partial charge in [-0.05, 0) is 142 Å². The van der Waals surface area contributed by atoms with Crippen LogP contribution in [0.1, 0.15) is 73.6 Å². The first-order valence-electron chi connectivity index (χ1n) is 25.2. The second kappa shape index (κ2) is 30.8. The largest absolute Gasteiger partial charge is 1.00 e. The molecule has 21 heteroatoms. The summed E-state index contributed by atoms with van der Waals surface area (Å²) in [7, 11) is 0. The van der Waals surface area contributed by atoms with Gasteiger partial charge in [0.2, 0.25) is 5.91 Å². The van der Waals surface area contributed by atoms with Gasteiger partial charge in [0.15, 0.2) is 0 Å². The molecule has 4 heterocycles. The number of piperidine rings is 2. The Kier molecular flexibility index (Phi) is 25.4. The molecule has 400 valence electrons. The van der Waals surface area contributed by atoms with Gasteiger partial charge in [-0.15, -0.1) is 0 Å². The molecule has 1 amide bonds. The molecule has 13 nitrogen and oxygen atoms in total. The first kappa shape index (κ1) is 61.9. The zero-order valence-corrected chi connectivity index (χ0v) is 43.3. The standard InChI is InChI=1S/C27H32F3N5O.C15H19F3N2O2.C12H15N3.ClH.Li/c28-27(29,30)22-5-9-25(10-6-22)34-18-16-33(17-19-34)13-1-2-26(36)35-14-11-24(12-15-35)32-23-7-3-21(20-31)4-8-23;16-15(17,18)12-3-5-13(6-4-12)20-10-8-19(9-11-20)7-1-2-14(21)22;13-9-10-1-3-11(4-2-10)15-12-5-7-14-8-6-12;;/h3-10,24,32H,1-2,11-19H2;3-6H,1-2,7-11H2,(H,21,22);1-4,12,14-15H,5-8H2;1H;/q;;;;+1/p-1. The van der Waals surface area contributed by atoms with Crippen molar-refractivity contribution in [2.24, 2.45) is 0 Å². The molecule has 4 aromatic carbocycles. The van der Waals surface area contributed by atoms with Crippen molar-refractivity contribution >= 4 is 34.6 Å². The summed E-state index contributed by atoms with van der Waals surface area (Å²) in [6.07, 6.45) is -2.42. The fourth-order valence-electron chi connectivity index (χ4n) is 9.34. The molecule has 0 unspecified atom stereocenters. The fraction of sp³-hybridized carbons (Fsp3) is 0.481. The van der Waals surface area contributed by atoms with E-state index in [0.29, 0.717) is 37.0 Å². The summed E-state index contributed by atoms with van der Waals surface area (Å²) in [4.78, 5) is 33.6. The summed E-state index contributed by atoms with van der Waals surface area (Å²) in [6.45, 7) is 11.7. The number of nitrogens with zero attached hydrogens (tertiary/aromatic N) is 7. The first-order valence-corrected chi connectivity index (χ1v) is 25.2. The maximum atomic E-state index is 12.8. The number of nitrogens with two attached hydrogens (primary N) is 1. The summed E-state index contributed by atoms with van der Waals surface area (Å²) in [5, 5.41) is 37.3. The van der Waals surface area contributed by atoms with Crippen LogP contribution < -0.4 is 62.1 Å². The van der Waals surface area contributed by atoms with Crippen LogP contribution in [-0.2, 0) is 21.9 Å². The van der Waals surface area contributed by atoms with Gasteiger partial charge in [0.25, 0.3) is 0 Å². The zero-order valence-electron chi connectivity index (χ0n) is 42.5. The van der Waals surface area contributed by atoms with Crippen molar-refractivity contribution in [3.8, 4) is 12.1 Å². The molecule has 0 aliphatic carbocycles. The number of amides is 1. The minimum atomic E-state index is -4.31. The second-order valence-electron chi connectivity index (χ2n) is 18.8. The van der Waals surface area contributed by atoms with E-state index in [2.05, 4.69) is 42.8 Å². The number of carbonyl (C=O) groups is 2. The molecule has 4 aliphatic heterocycles. The van der Waals surface area contributed by atoms with Crippen molar-refractivity contribution in [1.29, 1.82) is 10.5 Å². The number of nitriles is 2. The molecule has 4 saturated heterocycles. The van der Waals surface area contributed by atoms with E-state index in [9.17, 15) is 41.0 Å². The van der Waals surface area contributed by atoms with E-state index in [4.69, 9.17) is 10.5 Å². The van der Waals surface area contributed by atoms with Gasteiger partial charge in [-0.1, -0.05) is 0 Å². The van der Waals surface area contributed by atoms with E-state index >= 15 is 0 Å².